The molecular weight excluding hydrogens is 354 g/mol. The number of nitrogens with zero attached hydrogens (tertiary/aromatic N) is 1. The van der Waals surface area contributed by atoms with Gasteiger partial charge in [-0.05, 0) is 12.3 Å². The minimum Gasteiger partial charge on any atom is -0.480 e. The highest BCUT2D eigenvalue weighted by atomic mass is 16.4. The van der Waals surface area contributed by atoms with Crippen molar-refractivity contribution >= 4 is 23.7 Å². The van der Waals surface area contributed by atoms with Gasteiger partial charge in [0.25, 0.3) is 5.91 Å². The molecule has 10 nitrogen and oxygen atoms in total. The number of imidazole rings is 1. The molecule has 2 rings (SSSR count). The lowest BCUT2D eigenvalue weighted by atomic mass is 9.84. The maximum atomic E-state index is 12.5. The van der Waals surface area contributed by atoms with Gasteiger partial charge in [0.1, 0.15) is 18.3 Å². The van der Waals surface area contributed by atoms with Gasteiger partial charge in [-0.2, -0.15) is 0 Å². The van der Waals surface area contributed by atoms with E-state index in [0.29, 0.717) is 12.3 Å². The lowest BCUT2D eigenvalue weighted by molar-refractivity contribution is -0.137. The Balaban J connectivity index is 1.92. The molecule has 27 heavy (non-hydrogen) atoms. The summed E-state index contributed by atoms with van der Waals surface area (Å²) >= 11 is 0. The fraction of sp³-hybridized carbons (Fsp3) is 0.588. The Bertz CT molecular complexity index is 655. The number of carboxylic acids is 1. The van der Waals surface area contributed by atoms with Crippen LogP contribution in [0.3, 0.4) is 0 Å². The smallest absolute Gasteiger partial charge is 0.322 e. The summed E-state index contributed by atoms with van der Waals surface area (Å²) < 4.78 is 0. The van der Waals surface area contributed by atoms with Gasteiger partial charge in [0, 0.05) is 0 Å². The molecule has 1 aliphatic rings. The topological polar surface area (TPSA) is 153 Å². The zero-order chi connectivity index (χ0) is 19.6. The van der Waals surface area contributed by atoms with Crippen LogP contribution in [0.5, 0.6) is 0 Å². The van der Waals surface area contributed by atoms with Crippen LogP contribution in [-0.2, 0) is 14.4 Å². The van der Waals surface area contributed by atoms with E-state index in [4.69, 9.17) is 5.11 Å². The average Bonchev–Trinajstić information content (AvgIpc) is 3.19. The number of aliphatic carboxylic acids is 1. The molecule has 0 spiro atoms. The highest BCUT2D eigenvalue weighted by Gasteiger charge is 2.26. The van der Waals surface area contributed by atoms with Crippen molar-refractivity contribution in [2.75, 3.05) is 13.1 Å². The van der Waals surface area contributed by atoms with Gasteiger partial charge in [-0.3, -0.25) is 19.2 Å². The Morgan fingerprint density at radius 2 is 1.89 bits per heavy atom. The van der Waals surface area contributed by atoms with Crippen LogP contribution in [0, 0.1) is 5.92 Å². The van der Waals surface area contributed by atoms with Crippen molar-refractivity contribution in [2.45, 2.75) is 44.6 Å². The van der Waals surface area contributed by atoms with Crippen LogP contribution < -0.4 is 16.0 Å². The quantitative estimate of drug-likeness (QED) is 0.400. The van der Waals surface area contributed by atoms with Gasteiger partial charge < -0.3 is 26.0 Å². The van der Waals surface area contributed by atoms with Gasteiger partial charge in [0.05, 0.1) is 19.1 Å². The molecule has 1 aliphatic carbocycles. The molecular formula is C17H25N5O5. The monoisotopic (exact) mass is 379 g/mol. The normalized spacial score (nSPS) is 15.6. The second-order valence-electron chi connectivity index (χ2n) is 6.62. The maximum absolute atomic E-state index is 12.5. The van der Waals surface area contributed by atoms with E-state index in [1.807, 2.05) is 0 Å². The van der Waals surface area contributed by atoms with Crippen molar-refractivity contribution in [2.24, 2.45) is 5.92 Å². The Labute approximate surface area is 156 Å². The molecule has 0 aromatic carbocycles. The molecule has 1 fully saturated rings. The lowest BCUT2D eigenvalue weighted by Gasteiger charge is -2.26. The molecule has 0 aliphatic heterocycles. The fourth-order valence-electron chi connectivity index (χ4n) is 3.13. The first-order valence-corrected chi connectivity index (χ1v) is 9.01. The summed E-state index contributed by atoms with van der Waals surface area (Å²) in [4.78, 5) is 53.3. The van der Waals surface area contributed by atoms with E-state index >= 15 is 0 Å². The number of carbonyl (C=O) groups is 4. The molecule has 1 aromatic rings. The van der Waals surface area contributed by atoms with E-state index in [2.05, 4.69) is 25.9 Å². The number of hydrogen-bond acceptors (Lipinski definition) is 5. The summed E-state index contributed by atoms with van der Waals surface area (Å²) in [5, 5.41) is 15.9. The summed E-state index contributed by atoms with van der Waals surface area (Å²) in [5.74, 6) is -2.37. The van der Waals surface area contributed by atoms with Gasteiger partial charge >= 0.3 is 5.97 Å². The van der Waals surface area contributed by atoms with Gasteiger partial charge in [-0.1, -0.05) is 32.1 Å². The Morgan fingerprint density at radius 1 is 1.15 bits per heavy atom. The van der Waals surface area contributed by atoms with E-state index < -0.39 is 36.3 Å². The second kappa shape index (κ2) is 10.3. The van der Waals surface area contributed by atoms with E-state index in [-0.39, 0.29) is 12.2 Å². The van der Waals surface area contributed by atoms with Crippen LogP contribution in [0.15, 0.2) is 12.5 Å². The number of carbonyl (C=O) groups excluding carboxylic acids is 3. The molecule has 1 saturated carbocycles. The van der Waals surface area contributed by atoms with E-state index in [0.717, 1.165) is 25.7 Å². The summed E-state index contributed by atoms with van der Waals surface area (Å²) in [5.41, 5.74) is 0.246. The van der Waals surface area contributed by atoms with E-state index in [1.165, 1.54) is 18.9 Å². The van der Waals surface area contributed by atoms with Crippen molar-refractivity contribution in [3.63, 3.8) is 0 Å². The molecule has 0 radical (unpaired) electrons. The summed E-state index contributed by atoms with van der Waals surface area (Å²) in [6.07, 6.45) is 8.62. The van der Waals surface area contributed by atoms with Crippen molar-refractivity contribution in [1.82, 2.24) is 25.9 Å². The van der Waals surface area contributed by atoms with Gasteiger partial charge in [-0.15, -0.1) is 0 Å². The molecule has 0 bridgehead atoms. The SMILES string of the molecule is O=C(O)CNC(=O)CNC(=O)[C@H](CC1CCCCC1)NC(=O)c1cnc[nH]1. The molecule has 1 aromatic heterocycles. The minimum atomic E-state index is -1.17. The number of rotatable bonds is 9. The van der Waals surface area contributed by atoms with Crippen molar-refractivity contribution in [3.05, 3.63) is 18.2 Å². The first-order chi connectivity index (χ1) is 13.0. The minimum absolute atomic E-state index is 0.246. The Hall–Kier alpha value is -2.91. The summed E-state index contributed by atoms with van der Waals surface area (Å²) in [7, 11) is 0. The van der Waals surface area contributed by atoms with E-state index in [1.54, 1.807) is 0 Å². The molecule has 0 saturated heterocycles. The third kappa shape index (κ3) is 7.08. The van der Waals surface area contributed by atoms with E-state index in [9.17, 15) is 19.2 Å². The molecule has 10 heteroatoms. The van der Waals surface area contributed by atoms with Crippen molar-refractivity contribution in [1.29, 1.82) is 0 Å². The number of carboxylic acid groups (broad SMARTS) is 1. The van der Waals surface area contributed by atoms with Crippen LogP contribution in [0.1, 0.15) is 49.0 Å². The van der Waals surface area contributed by atoms with Crippen LogP contribution >= 0.6 is 0 Å². The zero-order valence-electron chi connectivity index (χ0n) is 15.0. The number of aromatic amines is 1. The predicted octanol–water partition coefficient (Wildman–Crippen LogP) is -0.204. The van der Waals surface area contributed by atoms with Crippen LogP contribution in [0.4, 0.5) is 0 Å². The number of nitrogens with one attached hydrogen (secondary N) is 4. The van der Waals surface area contributed by atoms with Gasteiger partial charge in [0.15, 0.2) is 0 Å². The lowest BCUT2D eigenvalue weighted by Crippen LogP contribution is -2.50. The highest BCUT2D eigenvalue weighted by Crippen LogP contribution is 2.27. The number of aromatic nitrogens is 2. The van der Waals surface area contributed by atoms with Gasteiger partial charge in [-0.25, -0.2) is 4.98 Å². The van der Waals surface area contributed by atoms with Crippen molar-refractivity contribution < 1.29 is 24.3 Å². The highest BCUT2D eigenvalue weighted by molar-refractivity contribution is 5.96. The second-order valence-corrected chi connectivity index (χ2v) is 6.62. The average molecular weight is 379 g/mol. The molecule has 3 amide bonds. The third-order valence-electron chi connectivity index (χ3n) is 4.52. The molecule has 0 unspecified atom stereocenters. The molecule has 148 valence electrons. The van der Waals surface area contributed by atoms with Crippen LogP contribution in [0.25, 0.3) is 0 Å². The zero-order valence-corrected chi connectivity index (χ0v) is 15.0. The summed E-state index contributed by atoms with van der Waals surface area (Å²) in [6.45, 7) is -0.871. The molecule has 5 N–H and O–H groups in total. The third-order valence-corrected chi connectivity index (χ3v) is 4.52. The van der Waals surface area contributed by atoms with Crippen LogP contribution in [-0.4, -0.2) is 57.9 Å². The Kier molecular flexibility index (Phi) is 7.78. The maximum Gasteiger partial charge on any atom is 0.322 e. The largest absolute Gasteiger partial charge is 0.480 e. The van der Waals surface area contributed by atoms with Crippen molar-refractivity contribution in [3.8, 4) is 0 Å². The number of H-pyrrole nitrogens is 1. The number of amides is 3. The van der Waals surface area contributed by atoms with Crippen LogP contribution in [0.2, 0.25) is 0 Å². The fourth-order valence-corrected chi connectivity index (χ4v) is 3.13. The molecule has 1 atom stereocenters. The predicted molar refractivity (Wildman–Crippen MR) is 94.7 cm³/mol. The number of hydrogen-bond donors (Lipinski definition) is 5. The molecule has 1 heterocycles. The standard InChI is InChI=1S/C17H25N5O5/c23-14(19-9-15(24)25)8-20-16(26)12(6-11-4-2-1-3-5-11)22-17(27)13-7-18-10-21-13/h7,10-12H,1-6,8-9H2,(H,18,21)(H,19,23)(H,20,26)(H,22,27)(H,24,25)/t12-/m0/s1. The summed E-state index contributed by atoms with van der Waals surface area (Å²) in [6, 6.07) is -0.781. The van der Waals surface area contributed by atoms with Gasteiger partial charge in [0.2, 0.25) is 11.8 Å². The first kappa shape index (κ1) is 20.4. The Morgan fingerprint density at radius 3 is 2.52 bits per heavy atom. The first-order valence-electron chi connectivity index (χ1n) is 9.01.